The number of aromatic nitrogens is 2. The van der Waals surface area contributed by atoms with Crippen LogP contribution in [0, 0.1) is 0 Å². The molecule has 1 N–H and O–H groups in total. The Morgan fingerprint density at radius 2 is 1.88 bits per heavy atom. The average Bonchev–Trinajstić information content (AvgIpc) is 3.18. The summed E-state index contributed by atoms with van der Waals surface area (Å²) in [7, 11) is 0. The number of piperidine rings is 1. The van der Waals surface area contributed by atoms with Crippen LogP contribution >= 0.6 is 11.3 Å². The summed E-state index contributed by atoms with van der Waals surface area (Å²) in [6.45, 7) is 4.85. The fourth-order valence-electron chi connectivity index (χ4n) is 3.67. The summed E-state index contributed by atoms with van der Waals surface area (Å²) in [5.74, 6) is 0.433. The first-order valence-electron chi connectivity index (χ1n) is 10.5. The Bertz CT molecular complexity index is 1110. The van der Waals surface area contributed by atoms with Crippen LogP contribution in [-0.2, 0) is 4.74 Å². The highest BCUT2D eigenvalue weighted by Crippen LogP contribution is 2.37. The molecule has 1 fully saturated rings. The molecule has 0 bridgehead atoms. The predicted molar refractivity (Wildman–Crippen MR) is 119 cm³/mol. The number of hydrogen-bond acceptors (Lipinski definition) is 7. The van der Waals surface area contributed by atoms with Crippen LogP contribution in [0.5, 0.6) is 5.75 Å². The Labute approximate surface area is 192 Å². The van der Waals surface area contributed by atoms with Gasteiger partial charge in [-0.05, 0) is 44.4 Å². The number of nitrogens with zero attached hydrogens (tertiary/aromatic N) is 3. The average molecular weight is 481 g/mol. The molecule has 3 heterocycles. The number of carbonyl (C=O) groups is 1. The number of anilines is 1. The van der Waals surface area contributed by atoms with E-state index >= 15 is 0 Å². The fraction of sp³-hybridized carbons (Fsp3) is 0.409. The van der Waals surface area contributed by atoms with Crippen molar-refractivity contribution < 1.29 is 27.4 Å². The number of benzene rings is 1. The van der Waals surface area contributed by atoms with Crippen LogP contribution in [0.15, 0.2) is 36.0 Å². The lowest BCUT2D eigenvalue weighted by atomic mass is 10.1. The third-order valence-corrected chi connectivity index (χ3v) is 6.16. The van der Waals surface area contributed by atoms with Gasteiger partial charge >= 0.3 is 12.5 Å². The Hall–Kier alpha value is -3.08. The molecule has 1 amide bonds. The molecule has 4 rings (SSSR count). The van der Waals surface area contributed by atoms with Crippen LogP contribution in [0.2, 0.25) is 0 Å². The van der Waals surface area contributed by atoms with Gasteiger partial charge in [0.15, 0.2) is 0 Å². The van der Waals surface area contributed by atoms with Crippen LogP contribution in [0.4, 0.5) is 23.8 Å². The minimum atomic E-state index is -4.73. The molecule has 0 saturated carbocycles. The molecular formula is C22H23F3N4O3S. The van der Waals surface area contributed by atoms with Gasteiger partial charge in [0.1, 0.15) is 17.9 Å². The first-order chi connectivity index (χ1) is 15.7. The van der Waals surface area contributed by atoms with Gasteiger partial charge in [-0.3, -0.25) is 0 Å². The molecule has 0 spiro atoms. The van der Waals surface area contributed by atoms with Crippen LogP contribution in [0.3, 0.4) is 0 Å². The monoisotopic (exact) mass is 480 g/mol. The number of carbonyl (C=O) groups excluding carboxylic acids is 1. The second-order valence-corrected chi connectivity index (χ2v) is 8.84. The number of ether oxygens (including phenoxy) is 2. The van der Waals surface area contributed by atoms with E-state index in [0.29, 0.717) is 18.9 Å². The van der Waals surface area contributed by atoms with E-state index in [-0.39, 0.29) is 24.0 Å². The standard InChI is InChI=1S/C22H23F3N4O3S/c1-13(2)31-21(30)29-9-7-15(8-10-29)28-20-19-18(26-12-27-20)17(11-33-19)14-3-5-16(6-4-14)32-22(23,24)25/h3-6,11-13,15H,7-10H2,1-2H3,(H,26,27,28). The second-order valence-electron chi connectivity index (χ2n) is 7.96. The summed E-state index contributed by atoms with van der Waals surface area (Å²) in [6.07, 6.45) is -2.17. The molecule has 1 aliphatic rings. The normalized spacial score (nSPS) is 15.2. The SMILES string of the molecule is CC(C)OC(=O)N1CCC(Nc2ncnc3c(-c4ccc(OC(F)(F)F)cc4)csc23)CC1. The number of thiophene rings is 1. The number of fused-ring (bicyclic) bond motifs is 1. The van der Waals surface area contributed by atoms with Crippen LogP contribution in [0.25, 0.3) is 21.3 Å². The summed E-state index contributed by atoms with van der Waals surface area (Å²) < 4.78 is 47.3. The molecular weight excluding hydrogens is 457 g/mol. The van der Waals surface area contributed by atoms with E-state index in [1.54, 1.807) is 17.0 Å². The molecule has 33 heavy (non-hydrogen) atoms. The predicted octanol–water partition coefficient (Wildman–Crippen LogP) is 5.68. The third kappa shape index (κ3) is 5.65. The molecule has 176 valence electrons. The van der Waals surface area contributed by atoms with Gasteiger partial charge in [-0.15, -0.1) is 24.5 Å². The molecule has 0 atom stereocenters. The van der Waals surface area contributed by atoms with E-state index in [4.69, 9.17) is 4.74 Å². The largest absolute Gasteiger partial charge is 0.573 e. The highest BCUT2D eigenvalue weighted by molar-refractivity contribution is 7.18. The summed E-state index contributed by atoms with van der Waals surface area (Å²) in [5, 5.41) is 5.37. The zero-order valence-corrected chi connectivity index (χ0v) is 18.9. The zero-order chi connectivity index (χ0) is 23.6. The number of nitrogens with one attached hydrogen (secondary N) is 1. The Kier molecular flexibility index (Phi) is 6.59. The van der Waals surface area contributed by atoms with Gasteiger partial charge in [0.25, 0.3) is 0 Å². The van der Waals surface area contributed by atoms with Crippen molar-refractivity contribution in [2.24, 2.45) is 0 Å². The van der Waals surface area contributed by atoms with Crippen molar-refractivity contribution in [2.45, 2.75) is 45.2 Å². The molecule has 3 aromatic rings. The molecule has 0 radical (unpaired) electrons. The minimum Gasteiger partial charge on any atom is -0.447 e. The van der Waals surface area contributed by atoms with Gasteiger partial charge in [0.05, 0.1) is 16.3 Å². The van der Waals surface area contributed by atoms with Crippen LogP contribution < -0.4 is 10.1 Å². The number of halogens is 3. The highest BCUT2D eigenvalue weighted by Gasteiger charge is 2.31. The molecule has 11 heteroatoms. The van der Waals surface area contributed by atoms with Crippen molar-refractivity contribution in [1.29, 1.82) is 0 Å². The van der Waals surface area contributed by atoms with Gasteiger partial charge in [-0.2, -0.15) is 0 Å². The van der Waals surface area contributed by atoms with Gasteiger partial charge in [0.2, 0.25) is 0 Å². The smallest absolute Gasteiger partial charge is 0.447 e. The first kappa shape index (κ1) is 23.1. The van der Waals surface area contributed by atoms with E-state index in [1.807, 2.05) is 19.2 Å². The number of likely N-dealkylation sites (tertiary alicyclic amines) is 1. The van der Waals surface area contributed by atoms with Crippen molar-refractivity contribution >= 4 is 33.5 Å². The molecule has 2 aromatic heterocycles. The van der Waals surface area contributed by atoms with E-state index in [0.717, 1.165) is 34.2 Å². The molecule has 1 aromatic carbocycles. The van der Waals surface area contributed by atoms with E-state index < -0.39 is 6.36 Å². The maximum atomic E-state index is 12.4. The van der Waals surface area contributed by atoms with Gasteiger partial charge in [-0.25, -0.2) is 14.8 Å². The van der Waals surface area contributed by atoms with Crippen molar-refractivity contribution in [3.05, 3.63) is 36.0 Å². The van der Waals surface area contributed by atoms with Crippen molar-refractivity contribution in [3.8, 4) is 16.9 Å². The molecule has 0 unspecified atom stereocenters. The van der Waals surface area contributed by atoms with Crippen LogP contribution in [0.1, 0.15) is 26.7 Å². The number of alkyl halides is 3. The van der Waals surface area contributed by atoms with Crippen LogP contribution in [-0.4, -0.2) is 52.6 Å². The van der Waals surface area contributed by atoms with Gasteiger partial charge < -0.3 is 19.7 Å². The quantitative estimate of drug-likeness (QED) is 0.507. The zero-order valence-electron chi connectivity index (χ0n) is 18.1. The minimum absolute atomic E-state index is 0.149. The first-order valence-corrected chi connectivity index (χ1v) is 11.4. The fourth-order valence-corrected chi connectivity index (χ4v) is 4.65. The van der Waals surface area contributed by atoms with Gasteiger partial charge in [-0.1, -0.05) is 12.1 Å². The highest BCUT2D eigenvalue weighted by atomic mass is 32.1. The van der Waals surface area contributed by atoms with Crippen molar-refractivity contribution in [3.63, 3.8) is 0 Å². The van der Waals surface area contributed by atoms with Gasteiger partial charge in [0, 0.05) is 30.1 Å². The van der Waals surface area contributed by atoms with E-state index in [9.17, 15) is 18.0 Å². The summed E-state index contributed by atoms with van der Waals surface area (Å²) >= 11 is 1.47. The lowest BCUT2D eigenvalue weighted by Crippen LogP contribution is -2.43. The molecule has 1 saturated heterocycles. The summed E-state index contributed by atoms with van der Waals surface area (Å²) in [4.78, 5) is 22.6. The summed E-state index contributed by atoms with van der Waals surface area (Å²) in [6, 6.07) is 5.86. The number of amides is 1. The lowest BCUT2D eigenvalue weighted by molar-refractivity contribution is -0.274. The number of rotatable bonds is 5. The second kappa shape index (κ2) is 9.42. The Morgan fingerprint density at radius 1 is 1.18 bits per heavy atom. The maximum Gasteiger partial charge on any atom is 0.573 e. The topological polar surface area (TPSA) is 76.6 Å². The van der Waals surface area contributed by atoms with Crippen molar-refractivity contribution in [2.75, 3.05) is 18.4 Å². The molecule has 7 nitrogen and oxygen atoms in total. The lowest BCUT2D eigenvalue weighted by Gasteiger charge is -2.32. The number of hydrogen-bond donors (Lipinski definition) is 1. The van der Waals surface area contributed by atoms with Crippen molar-refractivity contribution in [1.82, 2.24) is 14.9 Å². The van der Waals surface area contributed by atoms with E-state index in [2.05, 4.69) is 20.0 Å². The molecule has 0 aliphatic carbocycles. The third-order valence-electron chi connectivity index (χ3n) is 5.18. The molecule has 1 aliphatic heterocycles. The maximum absolute atomic E-state index is 12.4. The summed E-state index contributed by atoms with van der Waals surface area (Å²) in [5.41, 5.74) is 2.27. The Balaban J connectivity index is 1.45. The van der Waals surface area contributed by atoms with E-state index in [1.165, 1.54) is 29.8 Å². The Morgan fingerprint density at radius 3 is 2.52 bits per heavy atom.